The van der Waals surface area contributed by atoms with Crippen molar-refractivity contribution in [2.75, 3.05) is 20.6 Å². The van der Waals surface area contributed by atoms with Crippen molar-refractivity contribution in [3.63, 3.8) is 0 Å². The van der Waals surface area contributed by atoms with Crippen LogP contribution in [0.1, 0.15) is 16.9 Å². The second kappa shape index (κ2) is 6.08. The van der Waals surface area contributed by atoms with Gasteiger partial charge in [0.2, 0.25) is 5.91 Å². The first-order valence-corrected chi connectivity index (χ1v) is 7.48. The van der Waals surface area contributed by atoms with Gasteiger partial charge in [-0.15, -0.1) is 11.3 Å². The summed E-state index contributed by atoms with van der Waals surface area (Å²) in [6.07, 6.45) is -0.00651. The molecule has 0 saturated heterocycles. The lowest BCUT2D eigenvalue weighted by Gasteiger charge is -2.10. The van der Waals surface area contributed by atoms with Crippen LogP contribution in [0, 0.1) is 0 Å². The number of carbonyl (C=O) groups is 2. The van der Waals surface area contributed by atoms with E-state index in [0.717, 1.165) is 5.51 Å². The zero-order chi connectivity index (χ0) is 14.6. The molecule has 0 saturated carbocycles. The number of hydrogen-bond acceptors (Lipinski definition) is 6. The lowest BCUT2D eigenvalue weighted by atomic mass is 10.4. The number of nitrogens with one attached hydrogen (secondary N) is 1. The van der Waals surface area contributed by atoms with Crippen molar-refractivity contribution >= 4 is 33.2 Å². The highest BCUT2D eigenvalue weighted by Gasteiger charge is 2.25. The number of carboxylic acids is 1. The molecule has 19 heavy (non-hydrogen) atoms. The van der Waals surface area contributed by atoms with Crippen molar-refractivity contribution < 1.29 is 23.1 Å². The number of aromatic nitrogens is 1. The van der Waals surface area contributed by atoms with Gasteiger partial charge in [-0.25, -0.2) is 22.9 Å². The molecule has 1 heterocycles. The number of aromatic carboxylic acids is 1. The molecule has 10 heteroatoms. The van der Waals surface area contributed by atoms with Gasteiger partial charge in [0.1, 0.15) is 0 Å². The first kappa shape index (κ1) is 15.5. The molecule has 0 fully saturated rings. The summed E-state index contributed by atoms with van der Waals surface area (Å²) >= 11 is 0.712. The lowest BCUT2D eigenvalue weighted by molar-refractivity contribution is -0.128. The van der Waals surface area contributed by atoms with Crippen LogP contribution in [-0.2, 0) is 14.8 Å². The van der Waals surface area contributed by atoms with Crippen molar-refractivity contribution in [1.29, 1.82) is 0 Å². The molecule has 0 aromatic carbocycles. The van der Waals surface area contributed by atoms with E-state index in [1.54, 1.807) is 14.1 Å². The molecule has 0 aliphatic heterocycles. The number of sulfonamides is 1. The molecule has 0 spiro atoms. The van der Waals surface area contributed by atoms with Gasteiger partial charge >= 0.3 is 5.97 Å². The Morgan fingerprint density at radius 3 is 2.63 bits per heavy atom. The molecule has 2 N–H and O–H groups in total. The summed E-state index contributed by atoms with van der Waals surface area (Å²) in [5, 5.41) is 8.80. The largest absolute Gasteiger partial charge is 0.476 e. The molecule has 0 aliphatic rings. The highest BCUT2D eigenvalue weighted by molar-refractivity contribution is 7.91. The molecule has 0 radical (unpaired) electrons. The van der Waals surface area contributed by atoms with Crippen LogP contribution in [0.3, 0.4) is 0 Å². The van der Waals surface area contributed by atoms with Crippen LogP contribution in [0.15, 0.2) is 9.72 Å². The van der Waals surface area contributed by atoms with E-state index in [2.05, 4.69) is 9.71 Å². The van der Waals surface area contributed by atoms with Crippen LogP contribution < -0.4 is 4.72 Å². The number of carboxylic acid groups (broad SMARTS) is 1. The smallest absolute Gasteiger partial charge is 0.356 e. The summed E-state index contributed by atoms with van der Waals surface area (Å²) < 4.78 is 25.5. The maximum atomic E-state index is 11.8. The Kier molecular flexibility index (Phi) is 4.97. The lowest BCUT2D eigenvalue weighted by Crippen LogP contribution is -2.30. The van der Waals surface area contributed by atoms with Crippen LogP contribution in [0.2, 0.25) is 0 Å². The molecule has 1 aromatic heterocycles. The maximum absolute atomic E-state index is 11.8. The topological polar surface area (TPSA) is 117 Å². The van der Waals surface area contributed by atoms with Gasteiger partial charge in [0.25, 0.3) is 10.0 Å². The van der Waals surface area contributed by atoms with Crippen LogP contribution in [0.25, 0.3) is 0 Å². The van der Waals surface area contributed by atoms with Gasteiger partial charge in [0, 0.05) is 27.1 Å². The molecule has 0 atom stereocenters. The Hall–Kier alpha value is -1.52. The third kappa shape index (κ3) is 3.98. The molecule has 0 unspecified atom stereocenters. The van der Waals surface area contributed by atoms with Crippen molar-refractivity contribution in [3.8, 4) is 0 Å². The second-order valence-corrected chi connectivity index (χ2v) is 6.55. The summed E-state index contributed by atoms with van der Waals surface area (Å²) in [5.74, 6) is -1.64. The van der Waals surface area contributed by atoms with Gasteiger partial charge < -0.3 is 10.0 Å². The van der Waals surface area contributed by atoms with E-state index in [4.69, 9.17) is 5.11 Å². The number of nitrogens with zero attached hydrogens (tertiary/aromatic N) is 2. The second-order valence-electron chi connectivity index (χ2n) is 3.73. The molecular formula is C9H13N3O5S2. The molecule has 8 nitrogen and oxygen atoms in total. The van der Waals surface area contributed by atoms with Gasteiger partial charge in [-0.3, -0.25) is 4.79 Å². The first-order valence-electron chi connectivity index (χ1n) is 5.12. The predicted octanol–water partition coefficient (Wildman–Crippen LogP) is -0.402. The third-order valence-electron chi connectivity index (χ3n) is 2.11. The van der Waals surface area contributed by atoms with E-state index < -0.39 is 21.7 Å². The van der Waals surface area contributed by atoms with E-state index >= 15 is 0 Å². The summed E-state index contributed by atoms with van der Waals surface area (Å²) in [6.45, 7) is -0.101. The zero-order valence-electron chi connectivity index (χ0n) is 10.3. The molecular weight excluding hydrogens is 294 g/mol. The van der Waals surface area contributed by atoms with Crippen molar-refractivity contribution in [1.82, 2.24) is 14.6 Å². The molecule has 106 valence electrons. The van der Waals surface area contributed by atoms with Gasteiger partial charge in [0.15, 0.2) is 9.90 Å². The van der Waals surface area contributed by atoms with E-state index in [-0.39, 0.29) is 23.1 Å². The average Bonchev–Trinajstić information content (AvgIpc) is 2.77. The summed E-state index contributed by atoms with van der Waals surface area (Å²) in [5.41, 5.74) is 0.625. The predicted molar refractivity (Wildman–Crippen MR) is 67.6 cm³/mol. The Bertz CT molecular complexity index is 578. The minimum Gasteiger partial charge on any atom is -0.476 e. The third-order valence-corrected chi connectivity index (χ3v) is 4.94. The quantitative estimate of drug-likeness (QED) is 0.738. The number of hydrogen-bond donors (Lipinski definition) is 2. The Morgan fingerprint density at radius 2 is 2.11 bits per heavy atom. The monoisotopic (exact) mass is 307 g/mol. The van der Waals surface area contributed by atoms with E-state index in [1.807, 2.05) is 0 Å². The number of amides is 1. The average molecular weight is 307 g/mol. The van der Waals surface area contributed by atoms with E-state index in [0.29, 0.717) is 11.3 Å². The fourth-order valence-corrected chi connectivity index (χ4v) is 3.36. The standard InChI is InChI=1S/C9H13N3O5S2/c1-12(2)6(13)3-4-11-19(16,17)9-7(8(14)15)10-5-18-9/h5,11H,3-4H2,1-2H3,(H,14,15). The number of carbonyl (C=O) groups excluding carboxylic acids is 1. The SMILES string of the molecule is CN(C)C(=O)CCNS(=O)(=O)c1scnc1C(=O)O. The number of thiazole rings is 1. The van der Waals surface area contributed by atoms with Crippen LogP contribution >= 0.6 is 11.3 Å². The molecule has 1 aromatic rings. The van der Waals surface area contributed by atoms with Gasteiger partial charge in [-0.2, -0.15) is 0 Å². The van der Waals surface area contributed by atoms with Gasteiger partial charge in [-0.05, 0) is 0 Å². The zero-order valence-corrected chi connectivity index (χ0v) is 11.9. The highest BCUT2D eigenvalue weighted by atomic mass is 32.2. The Balaban J connectivity index is 2.74. The fourth-order valence-electron chi connectivity index (χ4n) is 1.15. The minimum absolute atomic E-state index is 0.00651. The minimum atomic E-state index is -3.96. The Morgan fingerprint density at radius 1 is 1.47 bits per heavy atom. The van der Waals surface area contributed by atoms with Gasteiger partial charge in [-0.1, -0.05) is 0 Å². The van der Waals surface area contributed by atoms with E-state index in [1.165, 1.54) is 4.90 Å². The normalized spacial score (nSPS) is 11.3. The van der Waals surface area contributed by atoms with Crippen LogP contribution in [0.5, 0.6) is 0 Å². The first-order chi connectivity index (χ1) is 8.75. The summed E-state index contributed by atoms with van der Waals surface area (Å²) in [6, 6.07) is 0. The molecule has 0 bridgehead atoms. The molecule has 0 aliphatic carbocycles. The Labute approximate surface area is 114 Å². The number of rotatable bonds is 6. The highest BCUT2D eigenvalue weighted by Crippen LogP contribution is 2.19. The molecule has 1 amide bonds. The maximum Gasteiger partial charge on any atom is 0.356 e. The van der Waals surface area contributed by atoms with E-state index in [9.17, 15) is 18.0 Å². The summed E-state index contributed by atoms with van der Waals surface area (Å²) in [7, 11) is -0.843. The molecule has 1 rings (SSSR count). The van der Waals surface area contributed by atoms with Gasteiger partial charge in [0.05, 0.1) is 5.51 Å². The van der Waals surface area contributed by atoms with Crippen LogP contribution in [0.4, 0.5) is 0 Å². The summed E-state index contributed by atoms with van der Waals surface area (Å²) in [4.78, 5) is 26.9. The van der Waals surface area contributed by atoms with Crippen molar-refractivity contribution in [2.24, 2.45) is 0 Å². The van der Waals surface area contributed by atoms with Crippen LogP contribution in [-0.4, -0.2) is 55.9 Å². The fraction of sp³-hybridized carbons (Fsp3) is 0.444. The van der Waals surface area contributed by atoms with Crippen molar-refractivity contribution in [2.45, 2.75) is 10.6 Å². The van der Waals surface area contributed by atoms with Crippen molar-refractivity contribution in [3.05, 3.63) is 11.2 Å².